The molecular formula is C22H43BrO3. The number of alkyl halides is 1. The van der Waals surface area contributed by atoms with E-state index >= 15 is 0 Å². The van der Waals surface area contributed by atoms with Crippen LogP contribution >= 0.6 is 15.9 Å². The molecule has 156 valence electrons. The highest BCUT2D eigenvalue weighted by atomic mass is 79.9. The second kappa shape index (κ2) is 17.5. The van der Waals surface area contributed by atoms with Gasteiger partial charge >= 0.3 is 0 Å². The fraction of sp³-hybridized carbons (Fsp3) is 1.00. The van der Waals surface area contributed by atoms with Crippen molar-refractivity contribution < 1.29 is 14.6 Å². The molecule has 1 aliphatic heterocycles. The lowest BCUT2D eigenvalue weighted by atomic mass is 10.0. The van der Waals surface area contributed by atoms with E-state index in [-0.39, 0.29) is 23.8 Å². The number of hydrogen-bond donors (Lipinski definition) is 1. The number of aliphatic hydroxyl groups is 1. The molecule has 0 spiro atoms. The van der Waals surface area contributed by atoms with Crippen molar-refractivity contribution in [3.8, 4) is 0 Å². The molecule has 0 aromatic carbocycles. The summed E-state index contributed by atoms with van der Waals surface area (Å²) in [4.78, 5) is 0.251. The quantitative estimate of drug-likeness (QED) is 0.191. The molecule has 1 fully saturated rings. The Labute approximate surface area is 170 Å². The van der Waals surface area contributed by atoms with Crippen molar-refractivity contribution in [1.29, 1.82) is 0 Å². The van der Waals surface area contributed by atoms with Gasteiger partial charge in [-0.2, -0.15) is 0 Å². The lowest BCUT2D eigenvalue weighted by Crippen LogP contribution is -2.23. The molecule has 0 amide bonds. The number of unbranched alkanes of at least 4 members (excludes halogenated alkanes) is 14. The minimum atomic E-state index is -0.182. The third-order valence-electron chi connectivity index (χ3n) is 5.36. The SMILES string of the molecule is CCCCCCCCCCCCCCCCCC(Br)C1OCC(CO)O1. The average Bonchev–Trinajstić information content (AvgIpc) is 3.14. The first-order chi connectivity index (χ1) is 12.8. The molecule has 0 saturated carbocycles. The Kier molecular flexibility index (Phi) is 16.4. The maximum Gasteiger partial charge on any atom is 0.170 e. The van der Waals surface area contributed by atoms with Crippen LogP contribution in [-0.2, 0) is 9.47 Å². The lowest BCUT2D eigenvalue weighted by Gasteiger charge is -2.16. The molecule has 1 heterocycles. The fourth-order valence-electron chi connectivity index (χ4n) is 3.60. The minimum Gasteiger partial charge on any atom is -0.394 e. The van der Waals surface area contributed by atoms with Crippen LogP contribution in [0.2, 0.25) is 0 Å². The Morgan fingerprint density at radius 3 is 1.69 bits per heavy atom. The predicted octanol–water partition coefficient (Wildman–Crippen LogP) is 6.75. The van der Waals surface area contributed by atoms with E-state index in [1.807, 2.05) is 0 Å². The van der Waals surface area contributed by atoms with E-state index in [9.17, 15) is 0 Å². The van der Waals surface area contributed by atoms with Crippen LogP contribution < -0.4 is 0 Å². The van der Waals surface area contributed by atoms with Gasteiger partial charge in [0.2, 0.25) is 0 Å². The molecule has 4 heteroatoms. The predicted molar refractivity (Wildman–Crippen MR) is 114 cm³/mol. The van der Waals surface area contributed by atoms with Crippen LogP contribution in [0.15, 0.2) is 0 Å². The summed E-state index contributed by atoms with van der Waals surface area (Å²) in [5.74, 6) is 0. The zero-order chi connectivity index (χ0) is 18.9. The fourth-order valence-corrected chi connectivity index (χ4v) is 4.20. The topological polar surface area (TPSA) is 38.7 Å². The standard InChI is InChI=1S/C22H43BrO3/c1-2-3-4-5-6-7-8-9-10-11-12-13-14-15-16-17-21(23)22-25-19-20(18-24)26-22/h20-22,24H,2-19H2,1H3. The first kappa shape index (κ1) is 24.4. The summed E-state index contributed by atoms with van der Waals surface area (Å²) in [7, 11) is 0. The molecule has 3 unspecified atom stereocenters. The number of aliphatic hydroxyl groups excluding tert-OH is 1. The first-order valence-corrected chi connectivity index (χ1v) is 12.2. The minimum absolute atomic E-state index is 0.0508. The van der Waals surface area contributed by atoms with Gasteiger partial charge in [-0.15, -0.1) is 0 Å². The molecule has 1 saturated heterocycles. The number of hydrogen-bond acceptors (Lipinski definition) is 3. The van der Waals surface area contributed by atoms with E-state index in [0.717, 1.165) is 6.42 Å². The molecule has 1 rings (SSSR count). The van der Waals surface area contributed by atoms with E-state index in [1.54, 1.807) is 0 Å². The zero-order valence-corrected chi connectivity index (χ0v) is 18.7. The van der Waals surface area contributed by atoms with Crippen LogP contribution in [0.25, 0.3) is 0 Å². The monoisotopic (exact) mass is 434 g/mol. The van der Waals surface area contributed by atoms with Crippen molar-refractivity contribution in [3.05, 3.63) is 0 Å². The van der Waals surface area contributed by atoms with E-state index < -0.39 is 0 Å². The van der Waals surface area contributed by atoms with E-state index in [0.29, 0.717) is 6.61 Å². The van der Waals surface area contributed by atoms with Crippen LogP contribution in [0.5, 0.6) is 0 Å². The van der Waals surface area contributed by atoms with Crippen LogP contribution in [0.4, 0.5) is 0 Å². The van der Waals surface area contributed by atoms with Crippen LogP contribution in [0, 0.1) is 0 Å². The summed E-state index contributed by atoms with van der Waals surface area (Å²) >= 11 is 3.67. The highest BCUT2D eigenvalue weighted by Crippen LogP contribution is 2.24. The average molecular weight is 435 g/mol. The Balaban J connectivity index is 1.76. The zero-order valence-electron chi connectivity index (χ0n) is 17.1. The normalized spacial score (nSPS) is 21.3. The van der Waals surface area contributed by atoms with Gasteiger partial charge in [0.25, 0.3) is 0 Å². The van der Waals surface area contributed by atoms with E-state index in [2.05, 4.69) is 22.9 Å². The van der Waals surface area contributed by atoms with Crippen molar-refractivity contribution in [3.63, 3.8) is 0 Å². The maximum atomic E-state index is 9.06. The number of rotatable bonds is 18. The summed E-state index contributed by atoms with van der Waals surface area (Å²) in [6, 6.07) is 0. The molecule has 0 aromatic heterocycles. The Bertz CT molecular complexity index is 301. The molecule has 0 aliphatic carbocycles. The molecule has 1 aliphatic rings. The summed E-state index contributed by atoms with van der Waals surface area (Å²) in [5, 5.41) is 9.06. The largest absolute Gasteiger partial charge is 0.394 e. The lowest BCUT2D eigenvalue weighted by molar-refractivity contribution is -0.0646. The van der Waals surface area contributed by atoms with Gasteiger partial charge in [0, 0.05) is 0 Å². The molecule has 3 nitrogen and oxygen atoms in total. The molecule has 0 radical (unpaired) electrons. The third-order valence-corrected chi connectivity index (χ3v) is 6.24. The second-order valence-electron chi connectivity index (χ2n) is 7.90. The van der Waals surface area contributed by atoms with E-state index in [4.69, 9.17) is 14.6 Å². The van der Waals surface area contributed by atoms with Gasteiger partial charge in [0.1, 0.15) is 6.10 Å². The highest BCUT2D eigenvalue weighted by Gasteiger charge is 2.30. The van der Waals surface area contributed by atoms with E-state index in [1.165, 1.54) is 96.3 Å². The van der Waals surface area contributed by atoms with Gasteiger partial charge in [0.15, 0.2) is 6.29 Å². The summed E-state index contributed by atoms with van der Waals surface area (Å²) in [6.45, 7) is 2.85. The first-order valence-electron chi connectivity index (χ1n) is 11.3. The smallest absolute Gasteiger partial charge is 0.170 e. The van der Waals surface area contributed by atoms with Gasteiger partial charge in [-0.3, -0.25) is 0 Å². The van der Waals surface area contributed by atoms with Gasteiger partial charge in [0.05, 0.1) is 18.0 Å². The van der Waals surface area contributed by atoms with Crippen molar-refractivity contribution in [2.45, 2.75) is 127 Å². The van der Waals surface area contributed by atoms with Gasteiger partial charge in [-0.05, 0) is 6.42 Å². The molecule has 3 atom stereocenters. The Morgan fingerprint density at radius 2 is 1.27 bits per heavy atom. The highest BCUT2D eigenvalue weighted by molar-refractivity contribution is 9.09. The number of halogens is 1. The van der Waals surface area contributed by atoms with Crippen LogP contribution in [0.3, 0.4) is 0 Å². The molecule has 0 bridgehead atoms. The van der Waals surface area contributed by atoms with Gasteiger partial charge in [-0.1, -0.05) is 119 Å². The summed E-state index contributed by atoms with van der Waals surface area (Å²) in [5.41, 5.74) is 0. The third kappa shape index (κ3) is 12.7. The summed E-state index contributed by atoms with van der Waals surface area (Å²) in [6.07, 6.45) is 21.7. The van der Waals surface area contributed by atoms with Gasteiger partial charge in [-0.25, -0.2) is 0 Å². The number of ether oxygens (including phenoxy) is 2. The molecule has 1 N–H and O–H groups in total. The summed E-state index contributed by atoms with van der Waals surface area (Å²) < 4.78 is 11.2. The molecular weight excluding hydrogens is 392 g/mol. The van der Waals surface area contributed by atoms with Crippen molar-refractivity contribution >= 4 is 15.9 Å². The van der Waals surface area contributed by atoms with Crippen molar-refractivity contribution in [2.75, 3.05) is 13.2 Å². The van der Waals surface area contributed by atoms with Crippen LogP contribution in [0.1, 0.15) is 110 Å². The van der Waals surface area contributed by atoms with Crippen molar-refractivity contribution in [2.24, 2.45) is 0 Å². The van der Waals surface area contributed by atoms with Gasteiger partial charge < -0.3 is 14.6 Å². The van der Waals surface area contributed by atoms with Crippen LogP contribution in [-0.4, -0.2) is 35.5 Å². The Morgan fingerprint density at radius 1 is 0.808 bits per heavy atom. The maximum absolute atomic E-state index is 9.06. The molecule has 0 aromatic rings. The molecule has 26 heavy (non-hydrogen) atoms. The van der Waals surface area contributed by atoms with Crippen molar-refractivity contribution in [1.82, 2.24) is 0 Å². The Hall–Kier alpha value is 0.360. The second-order valence-corrected chi connectivity index (χ2v) is 9.07.